The molecular formula is C21H15F6N3O6. The van der Waals surface area contributed by atoms with Gasteiger partial charge in [-0.1, -0.05) is 24.3 Å². The summed E-state index contributed by atoms with van der Waals surface area (Å²) in [5, 5.41) is 10.9. The maximum absolute atomic E-state index is 13.0. The minimum Gasteiger partial charge on any atom is -0.443 e. The molecule has 0 radical (unpaired) electrons. The number of nitro groups is 1. The molecule has 0 spiro atoms. The van der Waals surface area contributed by atoms with E-state index in [1.54, 1.807) is 0 Å². The van der Waals surface area contributed by atoms with E-state index in [2.05, 4.69) is 14.5 Å². The predicted octanol–water partition coefficient (Wildman–Crippen LogP) is 5.23. The quantitative estimate of drug-likeness (QED) is 0.239. The normalized spacial score (nSPS) is 15.7. The van der Waals surface area contributed by atoms with Gasteiger partial charge in [-0.15, -0.1) is 26.3 Å². The van der Waals surface area contributed by atoms with E-state index in [9.17, 15) is 36.5 Å². The molecule has 0 amide bonds. The maximum atomic E-state index is 13.0. The van der Waals surface area contributed by atoms with Gasteiger partial charge in [-0.2, -0.15) is 0 Å². The van der Waals surface area contributed by atoms with Crippen LogP contribution in [0.15, 0.2) is 48.7 Å². The Morgan fingerprint density at radius 1 is 1.03 bits per heavy atom. The molecule has 1 atom stereocenters. The first-order chi connectivity index (χ1) is 16.9. The first kappa shape index (κ1) is 25.1. The number of imidazole rings is 1. The first-order valence-electron chi connectivity index (χ1n) is 10.1. The van der Waals surface area contributed by atoms with Crippen LogP contribution in [0.5, 0.6) is 17.5 Å². The van der Waals surface area contributed by atoms with Crippen LogP contribution in [0.1, 0.15) is 5.56 Å². The van der Waals surface area contributed by atoms with Crippen molar-refractivity contribution in [3.8, 4) is 28.6 Å². The number of aromatic nitrogens is 2. The zero-order chi connectivity index (χ0) is 26.1. The van der Waals surface area contributed by atoms with Crippen molar-refractivity contribution in [1.29, 1.82) is 0 Å². The van der Waals surface area contributed by atoms with E-state index in [-0.39, 0.29) is 36.9 Å². The highest BCUT2D eigenvalue weighted by Crippen LogP contribution is 2.34. The monoisotopic (exact) mass is 519 g/mol. The largest absolute Gasteiger partial charge is 0.573 e. The second kappa shape index (κ2) is 9.56. The highest BCUT2D eigenvalue weighted by atomic mass is 19.4. The molecule has 0 aliphatic carbocycles. The number of halogens is 6. The lowest BCUT2D eigenvalue weighted by Gasteiger charge is -2.23. The van der Waals surface area contributed by atoms with Crippen LogP contribution in [0.25, 0.3) is 11.1 Å². The van der Waals surface area contributed by atoms with Crippen molar-refractivity contribution in [2.24, 2.45) is 0 Å². The summed E-state index contributed by atoms with van der Waals surface area (Å²) in [6, 6.07) is 8.46. The van der Waals surface area contributed by atoms with E-state index >= 15 is 0 Å². The van der Waals surface area contributed by atoms with E-state index in [0.717, 1.165) is 24.4 Å². The molecule has 2 aromatic carbocycles. The fourth-order valence-corrected chi connectivity index (χ4v) is 3.39. The Morgan fingerprint density at radius 2 is 1.69 bits per heavy atom. The molecule has 0 fully saturated rings. The van der Waals surface area contributed by atoms with Crippen LogP contribution in [0.2, 0.25) is 0 Å². The van der Waals surface area contributed by atoms with Gasteiger partial charge in [0, 0.05) is 10.5 Å². The van der Waals surface area contributed by atoms with E-state index < -0.39 is 41.1 Å². The highest BCUT2D eigenvalue weighted by molar-refractivity contribution is 5.66. The molecule has 0 N–H and O–H groups in total. The van der Waals surface area contributed by atoms with Crippen LogP contribution in [0, 0.1) is 10.1 Å². The number of benzene rings is 2. The number of ether oxygens (including phenoxy) is 4. The highest BCUT2D eigenvalue weighted by Gasteiger charge is 2.33. The molecule has 0 unspecified atom stereocenters. The van der Waals surface area contributed by atoms with E-state index in [4.69, 9.17) is 9.47 Å². The van der Waals surface area contributed by atoms with Crippen molar-refractivity contribution in [2.45, 2.75) is 32.0 Å². The third-order valence-electron chi connectivity index (χ3n) is 4.90. The molecule has 0 bridgehead atoms. The third-order valence-corrected chi connectivity index (χ3v) is 4.90. The minimum atomic E-state index is -5.02. The van der Waals surface area contributed by atoms with Crippen molar-refractivity contribution in [3.05, 3.63) is 64.3 Å². The third kappa shape index (κ3) is 6.35. The summed E-state index contributed by atoms with van der Waals surface area (Å²) >= 11 is 0. The number of fused-ring (bicyclic) bond motifs is 1. The van der Waals surface area contributed by atoms with Crippen LogP contribution in [-0.4, -0.2) is 39.9 Å². The van der Waals surface area contributed by atoms with Gasteiger partial charge >= 0.3 is 24.6 Å². The Labute approximate surface area is 197 Å². The Balaban J connectivity index is 1.49. The predicted molar refractivity (Wildman–Crippen MR) is 108 cm³/mol. The van der Waals surface area contributed by atoms with Crippen LogP contribution < -0.4 is 14.2 Å². The fourth-order valence-electron chi connectivity index (χ4n) is 3.39. The van der Waals surface area contributed by atoms with Crippen molar-refractivity contribution >= 4 is 5.82 Å². The second-order valence-electron chi connectivity index (χ2n) is 7.48. The van der Waals surface area contributed by atoms with Crippen LogP contribution in [0.3, 0.4) is 0 Å². The Kier molecular flexibility index (Phi) is 6.67. The summed E-state index contributed by atoms with van der Waals surface area (Å²) in [5.41, 5.74) is 0.599. The number of nitrogens with zero attached hydrogens (tertiary/aromatic N) is 3. The van der Waals surface area contributed by atoms with Crippen molar-refractivity contribution < 1.29 is 50.2 Å². The molecule has 0 saturated carbocycles. The number of alkyl halides is 6. The Hall–Kier alpha value is -4.01. The second-order valence-corrected chi connectivity index (χ2v) is 7.48. The molecule has 15 heteroatoms. The van der Waals surface area contributed by atoms with Crippen molar-refractivity contribution in [1.82, 2.24) is 9.55 Å². The van der Waals surface area contributed by atoms with Crippen molar-refractivity contribution in [3.63, 3.8) is 0 Å². The molecule has 1 aliphatic heterocycles. The Morgan fingerprint density at radius 3 is 2.33 bits per heavy atom. The van der Waals surface area contributed by atoms with Crippen molar-refractivity contribution in [2.75, 3.05) is 6.61 Å². The zero-order valence-electron chi connectivity index (χ0n) is 17.9. The molecule has 0 saturated heterocycles. The van der Waals surface area contributed by atoms with Crippen LogP contribution in [0.4, 0.5) is 32.2 Å². The van der Waals surface area contributed by atoms with Gasteiger partial charge in [0.25, 0.3) is 0 Å². The molecule has 36 heavy (non-hydrogen) atoms. The maximum Gasteiger partial charge on any atom is 0.573 e. The van der Waals surface area contributed by atoms with Gasteiger partial charge in [0.2, 0.25) is 0 Å². The van der Waals surface area contributed by atoms with Gasteiger partial charge in [-0.05, 0) is 34.2 Å². The van der Waals surface area contributed by atoms with Crippen LogP contribution >= 0.6 is 0 Å². The van der Waals surface area contributed by atoms with Gasteiger partial charge in [-0.3, -0.25) is 4.57 Å². The smallest absolute Gasteiger partial charge is 0.443 e. The molecular weight excluding hydrogens is 504 g/mol. The SMILES string of the molecule is O=[N+]([O-])c1cn2c(n1)OC[C@@H](OCc1ccc(-c3ccc(OC(F)(F)F)cc3)cc1OC(F)(F)F)C2. The summed E-state index contributed by atoms with van der Waals surface area (Å²) in [6.07, 6.45) is -9.39. The van der Waals surface area contributed by atoms with Gasteiger partial charge in [-0.25, -0.2) is 0 Å². The average molecular weight is 519 g/mol. The van der Waals surface area contributed by atoms with Gasteiger partial charge in [0.05, 0.1) is 13.2 Å². The molecule has 192 valence electrons. The summed E-state index contributed by atoms with van der Waals surface area (Å²) in [6.45, 7) is -0.228. The summed E-state index contributed by atoms with van der Waals surface area (Å²) in [4.78, 5) is 13.9. The number of hydrogen-bond donors (Lipinski definition) is 0. The minimum absolute atomic E-state index is 0.0265. The zero-order valence-corrected chi connectivity index (χ0v) is 17.9. The van der Waals surface area contributed by atoms with Gasteiger partial charge in [0.15, 0.2) is 0 Å². The summed E-state index contributed by atoms with van der Waals surface area (Å²) in [7, 11) is 0. The van der Waals surface area contributed by atoms with E-state index in [0.29, 0.717) is 5.56 Å². The molecule has 3 aromatic rings. The standard InChI is InChI=1S/C21H15F6N3O6/c22-20(23,24)35-15-5-3-12(4-6-15)13-1-2-14(17(7-13)36-21(25,26)27)10-33-16-8-29-9-18(30(31)32)28-19(29)34-11-16/h1-7,9,16H,8,10-11H2/t16-/m0/s1. The van der Waals surface area contributed by atoms with E-state index in [1.165, 1.54) is 28.8 Å². The number of rotatable bonds is 7. The summed E-state index contributed by atoms with van der Waals surface area (Å²) < 4.78 is 96.3. The lowest BCUT2D eigenvalue weighted by Crippen LogP contribution is -2.32. The number of hydrogen-bond acceptors (Lipinski definition) is 7. The molecule has 1 aliphatic rings. The summed E-state index contributed by atoms with van der Waals surface area (Å²) in [5.74, 6) is -1.46. The van der Waals surface area contributed by atoms with Gasteiger partial charge < -0.3 is 29.1 Å². The molecule has 1 aromatic heterocycles. The fraction of sp³-hybridized carbons (Fsp3) is 0.286. The lowest BCUT2D eigenvalue weighted by atomic mass is 10.0. The van der Waals surface area contributed by atoms with E-state index in [1.807, 2.05) is 0 Å². The Bertz CT molecular complexity index is 1240. The molecule has 4 rings (SSSR count). The average Bonchev–Trinajstić information content (AvgIpc) is 3.20. The first-order valence-corrected chi connectivity index (χ1v) is 10.1. The molecule has 2 heterocycles. The molecule has 9 nitrogen and oxygen atoms in total. The topological polar surface area (TPSA) is 97.9 Å². The lowest BCUT2D eigenvalue weighted by molar-refractivity contribution is -0.389. The van der Waals surface area contributed by atoms with Crippen LogP contribution in [-0.2, 0) is 17.9 Å². The van der Waals surface area contributed by atoms with Gasteiger partial charge in [0.1, 0.15) is 30.4 Å².